The molecule has 0 aromatic heterocycles. The first kappa shape index (κ1) is 19.9. The second-order valence-electron chi connectivity index (χ2n) is 7.60. The van der Waals surface area contributed by atoms with Gasteiger partial charge in [0.2, 0.25) is 11.8 Å². The monoisotopic (exact) mass is 379 g/mol. The van der Waals surface area contributed by atoms with Gasteiger partial charge in [-0.2, -0.15) is 0 Å². The van der Waals surface area contributed by atoms with Crippen molar-refractivity contribution in [3.05, 3.63) is 59.2 Å². The third-order valence-electron chi connectivity index (χ3n) is 5.32. The molecule has 1 aliphatic rings. The van der Waals surface area contributed by atoms with Crippen LogP contribution in [-0.4, -0.2) is 49.4 Å². The van der Waals surface area contributed by atoms with Gasteiger partial charge in [-0.1, -0.05) is 29.8 Å². The van der Waals surface area contributed by atoms with Crippen molar-refractivity contribution in [3.8, 4) is 0 Å². The van der Waals surface area contributed by atoms with E-state index in [0.717, 1.165) is 29.9 Å². The molecule has 3 rings (SSSR count). The van der Waals surface area contributed by atoms with Crippen LogP contribution in [0.25, 0.3) is 0 Å². The average molecular weight is 380 g/mol. The number of carbonyl (C=O) groups excluding carboxylic acids is 2. The van der Waals surface area contributed by atoms with Crippen molar-refractivity contribution >= 4 is 23.2 Å². The van der Waals surface area contributed by atoms with Crippen LogP contribution >= 0.6 is 0 Å². The first-order valence-corrected chi connectivity index (χ1v) is 9.80. The zero-order valence-electron chi connectivity index (χ0n) is 17.2. The zero-order chi connectivity index (χ0) is 20.3. The number of anilines is 2. The molecule has 0 bridgehead atoms. The Balaban J connectivity index is 1.64. The second-order valence-corrected chi connectivity index (χ2v) is 7.60. The molecule has 0 spiro atoms. The normalized spacial score (nSPS) is 14.1. The summed E-state index contributed by atoms with van der Waals surface area (Å²) in [4.78, 5) is 30.9. The molecule has 5 heteroatoms. The zero-order valence-corrected chi connectivity index (χ0v) is 17.2. The summed E-state index contributed by atoms with van der Waals surface area (Å²) in [5.74, 6) is -0.113. The Morgan fingerprint density at radius 3 is 2.21 bits per heavy atom. The Kier molecular flexibility index (Phi) is 6.02. The van der Waals surface area contributed by atoms with Crippen LogP contribution in [0.1, 0.15) is 23.6 Å². The Hall–Kier alpha value is -2.82. The fourth-order valence-corrected chi connectivity index (χ4v) is 3.75. The number of benzene rings is 2. The fraction of sp³-hybridized carbons (Fsp3) is 0.391. The first-order valence-electron chi connectivity index (χ1n) is 9.80. The van der Waals surface area contributed by atoms with Gasteiger partial charge in [-0.25, -0.2) is 0 Å². The minimum absolute atomic E-state index is 0.000864. The molecule has 0 radical (unpaired) electrons. The van der Waals surface area contributed by atoms with E-state index in [9.17, 15) is 9.59 Å². The summed E-state index contributed by atoms with van der Waals surface area (Å²) in [6.45, 7) is 10.6. The molecule has 148 valence electrons. The lowest BCUT2D eigenvalue weighted by molar-refractivity contribution is -0.131. The van der Waals surface area contributed by atoms with Crippen molar-refractivity contribution in [2.45, 2.75) is 27.7 Å². The highest BCUT2D eigenvalue weighted by molar-refractivity contribution is 5.98. The summed E-state index contributed by atoms with van der Waals surface area (Å²) in [5, 5.41) is 0. The highest BCUT2D eigenvalue weighted by Gasteiger charge is 2.25. The lowest BCUT2D eigenvalue weighted by atomic mass is 10.1. The minimum Gasteiger partial charge on any atom is -0.368 e. The Morgan fingerprint density at radius 2 is 1.61 bits per heavy atom. The van der Waals surface area contributed by atoms with Crippen LogP contribution in [0, 0.1) is 20.8 Å². The first-order chi connectivity index (χ1) is 13.3. The molecule has 1 heterocycles. The van der Waals surface area contributed by atoms with Crippen LogP contribution in [0.3, 0.4) is 0 Å². The number of rotatable bonds is 4. The van der Waals surface area contributed by atoms with Gasteiger partial charge in [-0.05, 0) is 50.1 Å². The van der Waals surface area contributed by atoms with Crippen molar-refractivity contribution in [2.24, 2.45) is 0 Å². The average Bonchev–Trinajstić information content (AvgIpc) is 2.66. The van der Waals surface area contributed by atoms with E-state index in [1.54, 1.807) is 4.90 Å². The van der Waals surface area contributed by atoms with E-state index in [1.807, 2.05) is 36.9 Å². The standard InChI is InChI=1S/C23H29N3O2/c1-17-6-5-7-21(15-17)24-10-12-25(13-11-24)23(28)16-26(20(4)27)22-9-8-18(2)14-19(22)3/h5-9,14-15H,10-13,16H2,1-4H3. The van der Waals surface area contributed by atoms with Crippen LogP contribution < -0.4 is 9.80 Å². The maximum Gasteiger partial charge on any atom is 0.242 e. The number of piperazine rings is 1. The van der Waals surface area contributed by atoms with Crippen molar-refractivity contribution in [1.29, 1.82) is 0 Å². The molecule has 5 nitrogen and oxygen atoms in total. The van der Waals surface area contributed by atoms with E-state index in [-0.39, 0.29) is 18.4 Å². The Bertz CT molecular complexity index is 870. The van der Waals surface area contributed by atoms with Gasteiger partial charge in [0.1, 0.15) is 6.54 Å². The number of amides is 2. The van der Waals surface area contributed by atoms with Crippen LogP contribution in [0.2, 0.25) is 0 Å². The quantitative estimate of drug-likeness (QED) is 0.819. The number of aryl methyl sites for hydroxylation is 3. The molecule has 2 aromatic carbocycles. The molecule has 0 N–H and O–H groups in total. The van der Waals surface area contributed by atoms with Gasteiger partial charge in [-0.15, -0.1) is 0 Å². The van der Waals surface area contributed by atoms with Gasteiger partial charge < -0.3 is 14.7 Å². The summed E-state index contributed by atoms with van der Waals surface area (Å²) < 4.78 is 0. The fourth-order valence-electron chi connectivity index (χ4n) is 3.75. The SMILES string of the molecule is CC(=O)N(CC(=O)N1CCN(c2cccc(C)c2)CC1)c1ccc(C)cc1C. The number of hydrogen-bond donors (Lipinski definition) is 0. The molecule has 0 atom stereocenters. The summed E-state index contributed by atoms with van der Waals surface area (Å²) in [6, 6.07) is 14.4. The Labute approximate surface area is 167 Å². The molecule has 1 saturated heterocycles. The third kappa shape index (κ3) is 4.53. The summed E-state index contributed by atoms with van der Waals surface area (Å²) in [5.41, 5.74) is 5.40. The number of nitrogens with zero attached hydrogens (tertiary/aromatic N) is 3. The molecule has 1 fully saturated rings. The van der Waals surface area contributed by atoms with Gasteiger partial charge in [0.25, 0.3) is 0 Å². The van der Waals surface area contributed by atoms with Gasteiger partial charge >= 0.3 is 0 Å². The lowest BCUT2D eigenvalue weighted by Crippen LogP contribution is -2.52. The van der Waals surface area contributed by atoms with Crippen molar-refractivity contribution in [3.63, 3.8) is 0 Å². The third-order valence-corrected chi connectivity index (χ3v) is 5.32. The van der Waals surface area contributed by atoms with Crippen LogP contribution in [0.15, 0.2) is 42.5 Å². The van der Waals surface area contributed by atoms with E-state index >= 15 is 0 Å². The van der Waals surface area contributed by atoms with Crippen molar-refractivity contribution in [1.82, 2.24) is 4.90 Å². The minimum atomic E-state index is -0.112. The van der Waals surface area contributed by atoms with E-state index < -0.39 is 0 Å². The van der Waals surface area contributed by atoms with Gasteiger partial charge in [0, 0.05) is 44.5 Å². The predicted molar refractivity (Wildman–Crippen MR) is 114 cm³/mol. The van der Waals surface area contributed by atoms with Crippen LogP contribution in [0.5, 0.6) is 0 Å². The summed E-state index contributed by atoms with van der Waals surface area (Å²) in [6.07, 6.45) is 0. The van der Waals surface area contributed by atoms with E-state index in [2.05, 4.69) is 36.1 Å². The largest absolute Gasteiger partial charge is 0.368 e. The second kappa shape index (κ2) is 8.46. The highest BCUT2D eigenvalue weighted by Crippen LogP contribution is 2.22. The number of hydrogen-bond acceptors (Lipinski definition) is 3. The lowest BCUT2D eigenvalue weighted by Gasteiger charge is -2.37. The van der Waals surface area contributed by atoms with Gasteiger partial charge in [-0.3, -0.25) is 9.59 Å². The van der Waals surface area contributed by atoms with E-state index in [0.29, 0.717) is 13.1 Å². The maximum atomic E-state index is 12.9. The number of carbonyl (C=O) groups is 2. The Morgan fingerprint density at radius 1 is 0.929 bits per heavy atom. The topological polar surface area (TPSA) is 43.9 Å². The smallest absolute Gasteiger partial charge is 0.242 e. The molecule has 1 aliphatic heterocycles. The molecular weight excluding hydrogens is 350 g/mol. The molecule has 0 saturated carbocycles. The molecule has 2 amide bonds. The van der Waals surface area contributed by atoms with Crippen molar-refractivity contribution < 1.29 is 9.59 Å². The van der Waals surface area contributed by atoms with E-state index in [1.165, 1.54) is 18.2 Å². The highest BCUT2D eigenvalue weighted by atomic mass is 16.2. The van der Waals surface area contributed by atoms with Gasteiger partial charge in [0.05, 0.1) is 0 Å². The van der Waals surface area contributed by atoms with Crippen LogP contribution in [0.4, 0.5) is 11.4 Å². The van der Waals surface area contributed by atoms with E-state index in [4.69, 9.17) is 0 Å². The predicted octanol–water partition coefficient (Wildman–Crippen LogP) is 3.31. The molecular formula is C23H29N3O2. The molecule has 2 aromatic rings. The molecule has 0 unspecified atom stereocenters. The summed E-state index contributed by atoms with van der Waals surface area (Å²) in [7, 11) is 0. The van der Waals surface area contributed by atoms with Crippen LogP contribution in [-0.2, 0) is 9.59 Å². The van der Waals surface area contributed by atoms with Gasteiger partial charge in [0.15, 0.2) is 0 Å². The molecule has 0 aliphatic carbocycles. The summed E-state index contributed by atoms with van der Waals surface area (Å²) >= 11 is 0. The maximum absolute atomic E-state index is 12.9. The van der Waals surface area contributed by atoms with Crippen molar-refractivity contribution in [2.75, 3.05) is 42.5 Å². The molecule has 28 heavy (non-hydrogen) atoms.